The topological polar surface area (TPSA) is 27.0 Å². The van der Waals surface area contributed by atoms with Gasteiger partial charge in [-0.1, -0.05) is 54.5 Å². The van der Waals surface area contributed by atoms with Crippen LogP contribution in [0.25, 0.3) is 22.3 Å². The van der Waals surface area contributed by atoms with Crippen molar-refractivity contribution in [2.45, 2.75) is 68.6 Å². The van der Waals surface area contributed by atoms with E-state index >= 15 is 0 Å². The second-order valence-corrected chi connectivity index (χ2v) is 13.3. The van der Waals surface area contributed by atoms with Crippen molar-refractivity contribution in [2.75, 3.05) is 18.0 Å². The van der Waals surface area contributed by atoms with E-state index in [-0.39, 0.29) is 5.41 Å². The monoisotopic (exact) mass is 544 g/mol. The molecule has 8 rings (SSSR count). The first-order valence-corrected chi connectivity index (χ1v) is 15.7. The summed E-state index contributed by atoms with van der Waals surface area (Å²) in [7, 11) is 0. The lowest BCUT2D eigenvalue weighted by Gasteiger charge is -2.39. The first kappa shape index (κ1) is 25.4. The van der Waals surface area contributed by atoms with Gasteiger partial charge in [-0.2, -0.15) is 5.26 Å². The van der Waals surface area contributed by atoms with Gasteiger partial charge in [0.05, 0.1) is 11.6 Å². The number of aryl methyl sites for hydroxylation is 2. The molecule has 4 aliphatic rings. The van der Waals surface area contributed by atoms with Gasteiger partial charge < -0.3 is 4.90 Å². The first-order chi connectivity index (χ1) is 20.6. The molecule has 2 nitrogen and oxygen atoms in total. The average molecular weight is 545 g/mol. The second-order valence-electron chi connectivity index (χ2n) is 13.3. The van der Waals surface area contributed by atoms with Crippen LogP contribution < -0.4 is 4.90 Å². The van der Waals surface area contributed by atoms with Gasteiger partial charge in [-0.15, -0.1) is 6.42 Å². The molecule has 2 saturated carbocycles. The van der Waals surface area contributed by atoms with Gasteiger partial charge in [0.25, 0.3) is 0 Å². The lowest BCUT2D eigenvalue weighted by Crippen LogP contribution is -2.35. The number of nitriles is 1. The maximum absolute atomic E-state index is 9.36. The van der Waals surface area contributed by atoms with E-state index in [4.69, 9.17) is 6.42 Å². The zero-order chi connectivity index (χ0) is 28.3. The van der Waals surface area contributed by atoms with Crippen molar-refractivity contribution >= 4 is 5.69 Å². The van der Waals surface area contributed by atoms with E-state index in [0.29, 0.717) is 11.0 Å². The van der Waals surface area contributed by atoms with E-state index in [1.165, 1.54) is 93.1 Å². The van der Waals surface area contributed by atoms with Gasteiger partial charge in [-0.3, -0.25) is 0 Å². The number of hydrogen-bond acceptors (Lipinski definition) is 2. The summed E-state index contributed by atoms with van der Waals surface area (Å²) in [6.07, 6.45) is 17.0. The predicted octanol–water partition coefficient (Wildman–Crippen LogP) is 8.73. The number of anilines is 1. The number of benzene rings is 4. The van der Waals surface area contributed by atoms with Crippen molar-refractivity contribution in [3.05, 3.63) is 112 Å². The van der Waals surface area contributed by atoms with Gasteiger partial charge in [0.15, 0.2) is 0 Å². The Bertz CT molecular complexity index is 1660. The van der Waals surface area contributed by atoms with Gasteiger partial charge in [-0.25, -0.2) is 0 Å². The molecule has 2 heterocycles. The highest BCUT2D eigenvalue weighted by molar-refractivity contribution is 5.75. The number of nitrogens with zero attached hydrogens (tertiary/aromatic N) is 2. The highest BCUT2D eigenvalue weighted by Gasteiger charge is 2.55. The number of hydrogen-bond donors (Lipinski definition) is 0. The molecule has 4 aromatic carbocycles. The molecule has 2 heteroatoms. The lowest BCUT2D eigenvalue weighted by molar-refractivity contribution is 0.394. The highest BCUT2D eigenvalue weighted by Crippen LogP contribution is 2.64. The Labute approximate surface area is 250 Å². The maximum atomic E-state index is 9.36. The SMILES string of the molecule is C#Cc1ccc(-c2cc(-c3ccc(C#N)cc3)cc(C34CCC(c5cc6c7c(c5)CCCN7CCC6)(CC3)C4)c2)cc1. The molecule has 2 aliphatic heterocycles. The minimum absolute atomic E-state index is 0.204. The van der Waals surface area contributed by atoms with Gasteiger partial charge in [0.2, 0.25) is 0 Å². The molecule has 0 atom stereocenters. The number of rotatable bonds is 4. The summed E-state index contributed by atoms with van der Waals surface area (Å²) in [5, 5.41) is 9.36. The molecule has 2 fully saturated rings. The minimum Gasteiger partial charge on any atom is -0.371 e. The van der Waals surface area contributed by atoms with Crippen molar-refractivity contribution in [3.63, 3.8) is 0 Å². The standard InChI is InChI=1S/C40H36N2/c1-2-28-7-11-30(12-8-28)34-21-35(31-13-9-29(26-41)10-14-31)25-37(24-34)40-17-15-39(27-40,16-18-40)36-22-32-5-3-19-42-20-4-6-33(23-36)38(32)42/h1,7-14,21-25H,3-6,15-20,27H2. The van der Waals surface area contributed by atoms with Crippen LogP contribution in [-0.4, -0.2) is 13.1 Å². The summed E-state index contributed by atoms with van der Waals surface area (Å²) in [5.74, 6) is 2.75. The quantitative estimate of drug-likeness (QED) is 0.240. The maximum Gasteiger partial charge on any atom is 0.0991 e. The van der Waals surface area contributed by atoms with Crippen molar-refractivity contribution < 1.29 is 0 Å². The second kappa shape index (κ2) is 9.64. The van der Waals surface area contributed by atoms with E-state index < -0.39 is 0 Å². The Morgan fingerprint density at radius 1 is 0.619 bits per heavy atom. The Kier molecular flexibility index (Phi) is 5.84. The molecule has 0 spiro atoms. The molecule has 0 saturated heterocycles. The number of fused-ring (bicyclic) bond motifs is 2. The van der Waals surface area contributed by atoms with Crippen LogP contribution in [0.2, 0.25) is 0 Å². The van der Waals surface area contributed by atoms with E-state index in [2.05, 4.69) is 71.5 Å². The summed E-state index contributed by atoms with van der Waals surface area (Å²) in [4.78, 5) is 2.67. The Morgan fingerprint density at radius 2 is 1.12 bits per heavy atom. The summed E-state index contributed by atoms with van der Waals surface area (Å²) in [5.41, 5.74) is 14.9. The summed E-state index contributed by atoms with van der Waals surface area (Å²) < 4.78 is 0. The third-order valence-electron chi connectivity index (χ3n) is 11.1. The van der Waals surface area contributed by atoms with Gasteiger partial charge in [0.1, 0.15) is 0 Å². The largest absolute Gasteiger partial charge is 0.371 e. The zero-order valence-corrected chi connectivity index (χ0v) is 24.3. The van der Waals surface area contributed by atoms with Gasteiger partial charge in [0, 0.05) is 24.3 Å². The Hall–Kier alpha value is -4.27. The van der Waals surface area contributed by atoms with Crippen LogP contribution in [0, 0.1) is 23.7 Å². The van der Waals surface area contributed by atoms with E-state index in [1.54, 1.807) is 22.4 Å². The predicted molar refractivity (Wildman–Crippen MR) is 172 cm³/mol. The molecular formula is C40H36N2. The summed E-state index contributed by atoms with van der Waals surface area (Å²) >= 11 is 0. The molecule has 0 amide bonds. The van der Waals surface area contributed by atoms with Crippen molar-refractivity contribution in [3.8, 4) is 40.7 Å². The molecule has 0 N–H and O–H groups in total. The molecule has 0 unspecified atom stereocenters. The van der Waals surface area contributed by atoms with Crippen molar-refractivity contribution in [1.29, 1.82) is 5.26 Å². The first-order valence-electron chi connectivity index (χ1n) is 15.7. The molecule has 206 valence electrons. The molecule has 0 aromatic heterocycles. The molecular weight excluding hydrogens is 508 g/mol. The fourth-order valence-electron chi connectivity index (χ4n) is 8.86. The molecule has 4 aromatic rings. The van der Waals surface area contributed by atoms with Crippen LogP contribution in [0.3, 0.4) is 0 Å². The van der Waals surface area contributed by atoms with Crippen LogP contribution in [-0.2, 0) is 23.7 Å². The Morgan fingerprint density at radius 3 is 1.62 bits per heavy atom. The van der Waals surface area contributed by atoms with Crippen molar-refractivity contribution in [2.24, 2.45) is 0 Å². The fraction of sp³-hybridized carbons (Fsp3) is 0.325. The smallest absolute Gasteiger partial charge is 0.0991 e. The van der Waals surface area contributed by atoms with Crippen molar-refractivity contribution in [1.82, 2.24) is 0 Å². The lowest BCUT2D eigenvalue weighted by atomic mass is 9.74. The fourth-order valence-corrected chi connectivity index (χ4v) is 8.86. The van der Waals surface area contributed by atoms with Crippen LogP contribution in [0.1, 0.15) is 78.3 Å². The molecule has 2 bridgehead atoms. The minimum atomic E-state index is 0.204. The molecule has 2 aliphatic carbocycles. The Balaban J connectivity index is 1.20. The van der Waals surface area contributed by atoms with E-state index in [9.17, 15) is 5.26 Å². The van der Waals surface area contributed by atoms with E-state index in [0.717, 1.165) is 11.1 Å². The summed E-state index contributed by atoms with van der Waals surface area (Å²) in [6.45, 7) is 2.47. The zero-order valence-electron chi connectivity index (χ0n) is 24.3. The summed E-state index contributed by atoms with van der Waals surface area (Å²) in [6, 6.07) is 31.2. The average Bonchev–Trinajstić information content (AvgIpc) is 3.65. The third-order valence-corrected chi connectivity index (χ3v) is 11.1. The van der Waals surface area contributed by atoms with E-state index in [1.807, 2.05) is 24.3 Å². The van der Waals surface area contributed by atoms with Gasteiger partial charge >= 0.3 is 0 Å². The third kappa shape index (κ3) is 4.01. The molecule has 42 heavy (non-hydrogen) atoms. The van der Waals surface area contributed by atoms with Crippen LogP contribution in [0.5, 0.6) is 0 Å². The molecule has 0 radical (unpaired) electrons. The van der Waals surface area contributed by atoms with Crippen LogP contribution in [0.4, 0.5) is 5.69 Å². The van der Waals surface area contributed by atoms with Gasteiger partial charge in [-0.05, 0) is 143 Å². The number of terminal acetylenes is 1. The normalized spacial score (nSPS) is 23.7. The highest BCUT2D eigenvalue weighted by atomic mass is 15.1. The van der Waals surface area contributed by atoms with Crippen LogP contribution >= 0.6 is 0 Å². The van der Waals surface area contributed by atoms with Crippen LogP contribution in [0.15, 0.2) is 78.9 Å².